The van der Waals surface area contributed by atoms with Crippen LogP contribution < -0.4 is 4.90 Å². The fourth-order valence-corrected chi connectivity index (χ4v) is 1.99. The van der Waals surface area contributed by atoms with Crippen molar-refractivity contribution >= 4 is 17.6 Å². The number of carboxylic acid groups (broad SMARTS) is 1. The molecule has 0 unspecified atom stereocenters. The molecule has 0 fully saturated rings. The SMILES string of the molecule is CCCOC(=O)c1cccc(N(CCC(=O)O)C(C)C)c1. The van der Waals surface area contributed by atoms with Gasteiger partial charge >= 0.3 is 11.9 Å². The number of hydrogen-bond donors (Lipinski definition) is 1. The molecule has 1 aromatic carbocycles. The van der Waals surface area contributed by atoms with Gasteiger partial charge in [-0.05, 0) is 38.5 Å². The Morgan fingerprint density at radius 2 is 2.05 bits per heavy atom. The minimum Gasteiger partial charge on any atom is -0.481 e. The lowest BCUT2D eigenvalue weighted by molar-refractivity contribution is -0.136. The van der Waals surface area contributed by atoms with Crippen molar-refractivity contribution in [2.45, 2.75) is 39.7 Å². The number of carbonyl (C=O) groups is 2. The first kappa shape index (κ1) is 17.0. The van der Waals surface area contributed by atoms with Crippen LogP contribution in [0.1, 0.15) is 44.0 Å². The van der Waals surface area contributed by atoms with E-state index in [1.165, 1.54) is 0 Å². The maximum absolute atomic E-state index is 11.9. The molecule has 0 saturated carbocycles. The second kappa shape index (κ2) is 8.29. The van der Waals surface area contributed by atoms with E-state index in [1.807, 2.05) is 31.7 Å². The summed E-state index contributed by atoms with van der Waals surface area (Å²) in [6.45, 7) is 6.72. The third kappa shape index (κ3) is 5.45. The van der Waals surface area contributed by atoms with Crippen LogP contribution in [-0.4, -0.2) is 36.2 Å². The number of ether oxygens (including phenoxy) is 1. The number of hydrogen-bond acceptors (Lipinski definition) is 4. The Labute approximate surface area is 125 Å². The molecule has 0 amide bonds. The molecule has 5 nitrogen and oxygen atoms in total. The van der Waals surface area contributed by atoms with Crippen LogP contribution in [0.25, 0.3) is 0 Å². The van der Waals surface area contributed by atoms with Gasteiger partial charge in [0.2, 0.25) is 0 Å². The van der Waals surface area contributed by atoms with Crippen LogP contribution in [0.4, 0.5) is 5.69 Å². The lowest BCUT2D eigenvalue weighted by Gasteiger charge is -2.28. The molecule has 5 heteroatoms. The first-order valence-electron chi connectivity index (χ1n) is 7.21. The number of anilines is 1. The van der Waals surface area contributed by atoms with E-state index >= 15 is 0 Å². The quantitative estimate of drug-likeness (QED) is 0.746. The Balaban J connectivity index is 2.89. The van der Waals surface area contributed by atoms with Gasteiger partial charge < -0.3 is 14.7 Å². The van der Waals surface area contributed by atoms with Crippen molar-refractivity contribution in [2.75, 3.05) is 18.1 Å². The molecule has 1 N–H and O–H groups in total. The zero-order chi connectivity index (χ0) is 15.8. The largest absolute Gasteiger partial charge is 0.481 e. The number of nitrogens with zero attached hydrogens (tertiary/aromatic N) is 1. The fourth-order valence-electron chi connectivity index (χ4n) is 1.99. The third-order valence-electron chi connectivity index (χ3n) is 3.04. The molecule has 0 saturated heterocycles. The maximum atomic E-state index is 11.9. The van der Waals surface area contributed by atoms with Gasteiger partial charge in [-0.15, -0.1) is 0 Å². The summed E-state index contributed by atoms with van der Waals surface area (Å²) in [7, 11) is 0. The van der Waals surface area contributed by atoms with Crippen LogP contribution >= 0.6 is 0 Å². The fraction of sp³-hybridized carbons (Fsp3) is 0.500. The minimum absolute atomic E-state index is 0.0582. The van der Waals surface area contributed by atoms with Crippen molar-refractivity contribution in [2.24, 2.45) is 0 Å². The third-order valence-corrected chi connectivity index (χ3v) is 3.04. The van der Waals surface area contributed by atoms with E-state index in [-0.39, 0.29) is 18.4 Å². The van der Waals surface area contributed by atoms with Crippen molar-refractivity contribution in [3.8, 4) is 0 Å². The van der Waals surface area contributed by atoms with Gasteiger partial charge in [-0.1, -0.05) is 13.0 Å². The predicted molar refractivity (Wildman–Crippen MR) is 81.8 cm³/mol. The van der Waals surface area contributed by atoms with Gasteiger partial charge in [-0.25, -0.2) is 4.79 Å². The van der Waals surface area contributed by atoms with Crippen LogP contribution in [0.2, 0.25) is 0 Å². The van der Waals surface area contributed by atoms with Gasteiger partial charge in [0.25, 0.3) is 0 Å². The summed E-state index contributed by atoms with van der Waals surface area (Å²) in [5, 5.41) is 8.83. The molecule has 0 atom stereocenters. The highest BCUT2D eigenvalue weighted by atomic mass is 16.5. The van der Waals surface area contributed by atoms with Gasteiger partial charge in [-0.2, -0.15) is 0 Å². The lowest BCUT2D eigenvalue weighted by Crippen LogP contribution is -2.33. The minimum atomic E-state index is -0.834. The molecule has 116 valence electrons. The Bertz CT molecular complexity index is 485. The normalized spacial score (nSPS) is 10.5. The molecular weight excluding hydrogens is 270 g/mol. The zero-order valence-electron chi connectivity index (χ0n) is 12.8. The van der Waals surface area contributed by atoms with Crippen molar-refractivity contribution in [1.82, 2.24) is 0 Å². The number of esters is 1. The molecule has 0 aliphatic carbocycles. The number of benzene rings is 1. The van der Waals surface area contributed by atoms with Gasteiger partial charge in [-0.3, -0.25) is 4.79 Å². The van der Waals surface area contributed by atoms with Crippen molar-refractivity contribution in [3.05, 3.63) is 29.8 Å². The molecular formula is C16H23NO4. The average molecular weight is 293 g/mol. The predicted octanol–water partition coefficient (Wildman–Crippen LogP) is 2.94. The van der Waals surface area contributed by atoms with Gasteiger partial charge in [0.15, 0.2) is 0 Å². The molecule has 0 aliphatic rings. The number of rotatable bonds is 8. The number of carboxylic acids is 1. The van der Waals surface area contributed by atoms with E-state index in [4.69, 9.17) is 9.84 Å². The molecule has 0 aliphatic heterocycles. The summed E-state index contributed by atoms with van der Waals surface area (Å²) in [6, 6.07) is 7.26. The molecule has 0 heterocycles. The van der Waals surface area contributed by atoms with E-state index < -0.39 is 5.97 Å². The first-order valence-corrected chi connectivity index (χ1v) is 7.21. The van der Waals surface area contributed by atoms with Gasteiger partial charge in [0.1, 0.15) is 0 Å². The van der Waals surface area contributed by atoms with E-state index in [2.05, 4.69) is 0 Å². The summed E-state index contributed by atoms with van der Waals surface area (Å²) < 4.78 is 5.12. The Hall–Kier alpha value is -2.04. The Morgan fingerprint density at radius 3 is 2.62 bits per heavy atom. The molecule has 0 radical (unpaired) electrons. The second-order valence-electron chi connectivity index (χ2n) is 5.12. The standard InChI is InChI=1S/C16H23NO4/c1-4-10-21-16(20)13-6-5-7-14(11-13)17(12(2)3)9-8-15(18)19/h5-7,11-12H,4,8-10H2,1-3H3,(H,18,19). The van der Waals surface area contributed by atoms with Gasteiger partial charge in [0, 0.05) is 18.3 Å². The van der Waals surface area contributed by atoms with Crippen molar-refractivity contribution in [3.63, 3.8) is 0 Å². The van der Waals surface area contributed by atoms with Crippen LogP contribution in [0.3, 0.4) is 0 Å². The van der Waals surface area contributed by atoms with E-state index in [9.17, 15) is 9.59 Å². The van der Waals surface area contributed by atoms with Crippen molar-refractivity contribution in [1.29, 1.82) is 0 Å². The summed E-state index contributed by atoms with van der Waals surface area (Å²) >= 11 is 0. The average Bonchev–Trinajstić information content (AvgIpc) is 2.44. The molecule has 0 aromatic heterocycles. The highest BCUT2D eigenvalue weighted by Gasteiger charge is 2.14. The highest BCUT2D eigenvalue weighted by Crippen LogP contribution is 2.20. The van der Waals surface area contributed by atoms with Crippen molar-refractivity contribution < 1.29 is 19.4 Å². The van der Waals surface area contributed by atoms with Crippen LogP contribution in [0, 0.1) is 0 Å². The lowest BCUT2D eigenvalue weighted by atomic mass is 10.1. The highest BCUT2D eigenvalue weighted by molar-refractivity contribution is 5.90. The van der Waals surface area contributed by atoms with E-state index in [0.29, 0.717) is 18.7 Å². The number of carbonyl (C=O) groups excluding carboxylic acids is 1. The summed E-state index contributed by atoms with van der Waals surface area (Å²) in [5.41, 5.74) is 1.32. The topological polar surface area (TPSA) is 66.8 Å². The van der Waals surface area contributed by atoms with E-state index in [1.54, 1.807) is 18.2 Å². The van der Waals surface area contributed by atoms with Gasteiger partial charge in [0.05, 0.1) is 18.6 Å². The summed E-state index contributed by atoms with van der Waals surface area (Å²) in [6.07, 6.45) is 0.838. The summed E-state index contributed by atoms with van der Waals surface area (Å²) in [4.78, 5) is 24.6. The zero-order valence-corrected chi connectivity index (χ0v) is 12.8. The molecule has 21 heavy (non-hydrogen) atoms. The monoisotopic (exact) mass is 293 g/mol. The molecule has 1 aromatic rings. The second-order valence-corrected chi connectivity index (χ2v) is 5.12. The molecule has 1 rings (SSSR count). The first-order chi connectivity index (χ1) is 9.95. The molecule has 0 bridgehead atoms. The maximum Gasteiger partial charge on any atom is 0.338 e. The van der Waals surface area contributed by atoms with E-state index in [0.717, 1.165) is 12.1 Å². The smallest absolute Gasteiger partial charge is 0.338 e. The Morgan fingerprint density at radius 1 is 1.33 bits per heavy atom. The Kier molecular flexibility index (Phi) is 6.72. The number of aliphatic carboxylic acids is 1. The molecule has 0 spiro atoms. The van der Waals surface area contributed by atoms with Crippen LogP contribution in [-0.2, 0) is 9.53 Å². The van der Waals surface area contributed by atoms with Crippen LogP contribution in [0.5, 0.6) is 0 Å². The summed E-state index contributed by atoms with van der Waals surface area (Å²) in [5.74, 6) is -1.18. The van der Waals surface area contributed by atoms with Crippen LogP contribution in [0.15, 0.2) is 24.3 Å².